The third-order valence-electron chi connectivity index (χ3n) is 2.74. The molecule has 1 unspecified atom stereocenters. The SMILES string of the molecule is CC(NCCCS(N)(=O)=O)c1ccc(OCC#N)cc1. The molecule has 0 aliphatic carbocycles. The summed E-state index contributed by atoms with van der Waals surface area (Å²) in [4.78, 5) is 0. The lowest BCUT2D eigenvalue weighted by molar-refractivity contribution is 0.368. The van der Waals surface area contributed by atoms with Gasteiger partial charge in [-0.05, 0) is 37.6 Å². The van der Waals surface area contributed by atoms with Gasteiger partial charge in [0.15, 0.2) is 6.61 Å². The molecule has 1 rings (SSSR count). The average molecular weight is 297 g/mol. The van der Waals surface area contributed by atoms with Gasteiger partial charge in [-0.15, -0.1) is 0 Å². The van der Waals surface area contributed by atoms with E-state index in [-0.39, 0.29) is 18.4 Å². The summed E-state index contributed by atoms with van der Waals surface area (Å²) in [5.74, 6) is 0.630. The number of primary sulfonamides is 1. The lowest BCUT2D eigenvalue weighted by Crippen LogP contribution is -2.24. The van der Waals surface area contributed by atoms with Crippen molar-refractivity contribution in [3.05, 3.63) is 29.8 Å². The Labute approximate surface area is 119 Å². The van der Waals surface area contributed by atoms with Gasteiger partial charge in [-0.1, -0.05) is 12.1 Å². The molecule has 0 heterocycles. The van der Waals surface area contributed by atoms with Gasteiger partial charge in [-0.25, -0.2) is 13.6 Å². The molecular weight excluding hydrogens is 278 g/mol. The molecule has 7 heteroatoms. The molecule has 1 atom stereocenters. The molecule has 110 valence electrons. The zero-order valence-electron chi connectivity index (χ0n) is 11.4. The standard InChI is InChI=1S/C13H19N3O3S/c1-11(16-8-2-10-20(15,17)18)12-3-5-13(6-4-12)19-9-7-14/h3-6,11,16H,2,8-10H2,1H3,(H2,15,17,18). The Morgan fingerprint density at radius 1 is 1.40 bits per heavy atom. The van der Waals surface area contributed by atoms with Crippen LogP contribution in [0.15, 0.2) is 24.3 Å². The summed E-state index contributed by atoms with van der Waals surface area (Å²) >= 11 is 0. The van der Waals surface area contributed by atoms with Gasteiger partial charge in [0.2, 0.25) is 10.0 Å². The number of benzene rings is 1. The smallest absolute Gasteiger partial charge is 0.209 e. The summed E-state index contributed by atoms with van der Waals surface area (Å²) in [5, 5.41) is 16.6. The zero-order chi connectivity index (χ0) is 15.0. The van der Waals surface area contributed by atoms with Crippen molar-refractivity contribution in [1.82, 2.24) is 5.32 Å². The molecular formula is C13H19N3O3S. The van der Waals surface area contributed by atoms with E-state index >= 15 is 0 Å². The maximum absolute atomic E-state index is 10.8. The molecule has 6 nitrogen and oxygen atoms in total. The lowest BCUT2D eigenvalue weighted by atomic mass is 10.1. The van der Waals surface area contributed by atoms with Crippen LogP contribution in [0.1, 0.15) is 24.9 Å². The third-order valence-corrected chi connectivity index (χ3v) is 3.60. The quantitative estimate of drug-likeness (QED) is 0.694. The van der Waals surface area contributed by atoms with Crippen LogP contribution in [-0.4, -0.2) is 27.3 Å². The van der Waals surface area contributed by atoms with E-state index in [1.807, 2.05) is 25.1 Å². The second-order valence-electron chi connectivity index (χ2n) is 4.41. The predicted octanol–water partition coefficient (Wildman–Crippen LogP) is 0.918. The molecule has 0 bridgehead atoms. The highest BCUT2D eigenvalue weighted by Gasteiger charge is 2.06. The number of sulfonamides is 1. The van der Waals surface area contributed by atoms with Crippen molar-refractivity contribution in [2.75, 3.05) is 18.9 Å². The monoisotopic (exact) mass is 297 g/mol. The molecule has 0 radical (unpaired) electrons. The Hall–Kier alpha value is -1.62. The fourth-order valence-electron chi connectivity index (χ4n) is 1.68. The second kappa shape index (κ2) is 7.85. The van der Waals surface area contributed by atoms with Crippen LogP contribution in [0.3, 0.4) is 0 Å². The summed E-state index contributed by atoms with van der Waals surface area (Å²) in [5.41, 5.74) is 1.06. The van der Waals surface area contributed by atoms with Crippen molar-refractivity contribution in [1.29, 1.82) is 5.26 Å². The molecule has 0 aliphatic heterocycles. The Balaban J connectivity index is 2.40. The summed E-state index contributed by atoms with van der Waals surface area (Å²) in [6, 6.07) is 9.42. The van der Waals surface area contributed by atoms with Crippen molar-refractivity contribution in [3.8, 4) is 11.8 Å². The van der Waals surface area contributed by atoms with Crippen LogP contribution >= 0.6 is 0 Å². The van der Waals surface area contributed by atoms with Gasteiger partial charge in [-0.2, -0.15) is 5.26 Å². The molecule has 0 aromatic heterocycles. The Morgan fingerprint density at radius 2 is 2.05 bits per heavy atom. The van der Waals surface area contributed by atoms with E-state index in [0.717, 1.165) is 5.56 Å². The van der Waals surface area contributed by atoms with Crippen LogP contribution < -0.4 is 15.2 Å². The van der Waals surface area contributed by atoms with E-state index in [2.05, 4.69) is 5.32 Å². The van der Waals surface area contributed by atoms with Gasteiger partial charge in [0.1, 0.15) is 11.8 Å². The van der Waals surface area contributed by atoms with E-state index in [9.17, 15) is 8.42 Å². The highest BCUT2D eigenvalue weighted by atomic mass is 32.2. The van der Waals surface area contributed by atoms with E-state index in [4.69, 9.17) is 15.1 Å². The molecule has 0 aliphatic rings. The highest BCUT2D eigenvalue weighted by Crippen LogP contribution is 2.17. The summed E-state index contributed by atoms with van der Waals surface area (Å²) < 4.78 is 26.7. The molecule has 3 N–H and O–H groups in total. The van der Waals surface area contributed by atoms with E-state index < -0.39 is 10.0 Å². The van der Waals surface area contributed by atoms with Crippen molar-refractivity contribution in [2.24, 2.45) is 5.14 Å². The molecule has 0 amide bonds. The molecule has 0 spiro atoms. The molecule has 20 heavy (non-hydrogen) atoms. The topological polar surface area (TPSA) is 105 Å². The number of hydrogen-bond acceptors (Lipinski definition) is 5. The first-order valence-corrected chi connectivity index (χ1v) is 7.97. The van der Waals surface area contributed by atoms with Crippen LogP contribution in [0, 0.1) is 11.3 Å². The van der Waals surface area contributed by atoms with Crippen LogP contribution in [0.2, 0.25) is 0 Å². The van der Waals surface area contributed by atoms with Crippen LogP contribution in [0.5, 0.6) is 5.75 Å². The number of hydrogen-bond donors (Lipinski definition) is 2. The fourth-order valence-corrected chi connectivity index (χ4v) is 2.22. The second-order valence-corrected chi connectivity index (χ2v) is 6.15. The number of nitriles is 1. The van der Waals surface area contributed by atoms with Gasteiger partial charge in [0, 0.05) is 6.04 Å². The average Bonchev–Trinajstić information content (AvgIpc) is 2.40. The van der Waals surface area contributed by atoms with Crippen molar-refractivity contribution < 1.29 is 13.2 Å². The van der Waals surface area contributed by atoms with Crippen LogP contribution in [0.4, 0.5) is 0 Å². The highest BCUT2D eigenvalue weighted by molar-refractivity contribution is 7.89. The minimum Gasteiger partial charge on any atom is -0.479 e. The first-order chi connectivity index (χ1) is 9.42. The minimum atomic E-state index is -3.38. The van der Waals surface area contributed by atoms with E-state index in [1.54, 1.807) is 12.1 Å². The first-order valence-electron chi connectivity index (χ1n) is 6.26. The first kappa shape index (κ1) is 16.4. The maximum Gasteiger partial charge on any atom is 0.209 e. The van der Waals surface area contributed by atoms with Gasteiger partial charge in [0.05, 0.1) is 5.75 Å². The van der Waals surface area contributed by atoms with E-state index in [1.165, 1.54) is 0 Å². The fraction of sp³-hybridized carbons (Fsp3) is 0.462. The number of nitrogens with zero attached hydrogens (tertiary/aromatic N) is 1. The summed E-state index contributed by atoms with van der Waals surface area (Å²) in [7, 11) is -3.38. The van der Waals surface area contributed by atoms with Crippen LogP contribution in [-0.2, 0) is 10.0 Å². The number of nitrogens with two attached hydrogens (primary N) is 1. The minimum absolute atomic E-state index is 0.0202. The number of rotatable bonds is 8. The molecule has 0 saturated carbocycles. The van der Waals surface area contributed by atoms with Gasteiger partial charge in [0.25, 0.3) is 0 Å². The van der Waals surface area contributed by atoms with Gasteiger partial charge >= 0.3 is 0 Å². The predicted molar refractivity (Wildman–Crippen MR) is 76.6 cm³/mol. The third kappa shape index (κ3) is 6.52. The Morgan fingerprint density at radius 3 is 2.60 bits per heavy atom. The van der Waals surface area contributed by atoms with Gasteiger partial charge in [-0.3, -0.25) is 0 Å². The molecule has 0 saturated heterocycles. The van der Waals surface area contributed by atoms with Crippen molar-refractivity contribution in [3.63, 3.8) is 0 Å². The maximum atomic E-state index is 10.8. The van der Waals surface area contributed by atoms with Crippen molar-refractivity contribution in [2.45, 2.75) is 19.4 Å². The molecule has 1 aromatic carbocycles. The van der Waals surface area contributed by atoms with Crippen LogP contribution in [0.25, 0.3) is 0 Å². The Kier molecular flexibility index (Phi) is 6.45. The largest absolute Gasteiger partial charge is 0.479 e. The number of nitrogens with one attached hydrogen (secondary N) is 1. The van der Waals surface area contributed by atoms with Crippen molar-refractivity contribution >= 4 is 10.0 Å². The molecule has 0 fully saturated rings. The lowest BCUT2D eigenvalue weighted by Gasteiger charge is -2.14. The van der Waals surface area contributed by atoms with E-state index in [0.29, 0.717) is 18.7 Å². The summed E-state index contributed by atoms with van der Waals surface area (Å²) in [6.45, 7) is 2.59. The normalized spacial score (nSPS) is 12.7. The molecule has 1 aromatic rings. The Bertz CT molecular complexity index is 549. The summed E-state index contributed by atoms with van der Waals surface area (Å²) in [6.07, 6.45) is 0.479. The van der Waals surface area contributed by atoms with Gasteiger partial charge < -0.3 is 10.1 Å². The number of ether oxygens (including phenoxy) is 1. The zero-order valence-corrected chi connectivity index (χ0v) is 12.2.